The van der Waals surface area contributed by atoms with Gasteiger partial charge in [-0.15, -0.1) is 0 Å². The molecule has 98 valence electrons. The van der Waals surface area contributed by atoms with Crippen LogP contribution in [0.3, 0.4) is 0 Å². The normalized spacial score (nSPS) is 12.7. The molecule has 0 aromatic carbocycles. The minimum absolute atomic E-state index is 0.0580. The summed E-state index contributed by atoms with van der Waals surface area (Å²) in [6.07, 6.45) is 3.44. The highest BCUT2D eigenvalue weighted by Crippen LogP contribution is 2.31. The van der Waals surface area contributed by atoms with E-state index in [0.717, 1.165) is 29.3 Å². The maximum atomic E-state index is 5.58. The summed E-state index contributed by atoms with van der Waals surface area (Å²) >= 11 is 0. The summed E-state index contributed by atoms with van der Waals surface area (Å²) in [5, 5.41) is 7.59. The fourth-order valence-corrected chi connectivity index (χ4v) is 2.15. The van der Waals surface area contributed by atoms with Gasteiger partial charge in [-0.3, -0.25) is 4.68 Å². The second-order valence-corrected chi connectivity index (χ2v) is 4.10. The molecule has 0 aliphatic heterocycles. The molecule has 0 aliphatic rings. The molecule has 1 unspecified atom stereocenters. The van der Waals surface area contributed by atoms with E-state index in [1.165, 1.54) is 0 Å². The van der Waals surface area contributed by atoms with Gasteiger partial charge < -0.3 is 14.5 Å². The quantitative estimate of drug-likeness (QED) is 0.882. The van der Waals surface area contributed by atoms with Gasteiger partial charge in [0.25, 0.3) is 0 Å². The number of hydrogen-bond donors (Lipinski definition) is 1. The van der Waals surface area contributed by atoms with Crippen LogP contribution in [-0.4, -0.2) is 23.9 Å². The molecule has 0 bridgehead atoms. The Hall–Kier alpha value is -1.75. The van der Waals surface area contributed by atoms with Crippen LogP contribution in [0.5, 0.6) is 5.75 Å². The summed E-state index contributed by atoms with van der Waals surface area (Å²) in [5.41, 5.74) is 2.10. The average molecular weight is 249 g/mol. The highest BCUT2D eigenvalue weighted by Gasteiger charge is 2.25. The first-order valence-electron chi connectivity index (χ1n) is 6.03. The highest BCUT2D eigenvalue weighted by molar-refractivity contribution is 5.35. The van der Waals surface area contributed by atoms with Crippen molar-refractivity contribution >= 4 is 0 Å². The lowest BCUT2D eigenvalue weighted by atomic mass is 10.1. The summed E-state index contributed by atoms with van der Waals surface area (Å²) < 4.78 is 12.9. The molecule has 5 heteroatoms. The lowest BCUT2D eigenvalue weighted by molar-refractivity contribution is 0.388. The molecule has 2 aromatic heterocycles. The number of nitrogens with zero attached hydrogens (tertiary/aromatic N) is 2. The Morgan fingerprint density at radius 2 is 2.33 bits per heavy atom. The minimum atomic E-state index is -0.0580. The molecule has 0 amide bonds. The van der Waals surface area contributed by atoms with Gasteiger partial charge in [-0.05, 0) is 32.5 Å². The molecule has 1 N–H and O–H groups in total. The lowest BCUT2D eigenvalue weighted by Crippen LogP contribution is -2.22. The number of aromatic nitrogens is 2. The zero-order valence-corrected chi connectivity index (χ0v) is 11.2. The number of hydrogen-bond acceptors (Lipinski definition) is 4. The summed E-state index contributed by atoms with van der Waals surface area (Å²) in [5.74, 6) is 1.66. The van der Waals surface area contributed by atoms with Crippen LogP contribution in [0.25, 0.3) is 0 Å². The number of rotatable bonds is 5. The van der Waals surface area contributed by atoms with Gasteiger partial charge in [-0.25, -0.2) is 0 Å². The van der Waals surface area contributed by atoms with Gasteiger partial charge in [0.1, 0.15) is 17.5 Å². The van der Waals surface area contributed by atoms with E-state index in [0.29, 0.717) is 0 Å². The van der Waals surface area contributed by atoms with Gasteiger partial charge in [-0.1, -0.05) is 0 Å². The molecule has 18 heavy (non-hydrogen) atoms. The third-order valence-corrected chi connectivity index (χ3v) is 3.09. The SMILES string of the molecule is CCn1ncc(OC)c1C(NC)c1occc1C. The van der Waals surface area contributed by atoms with E-state index in [9.17, 15) is 0 Å². The Morgan fingerprint density at radius 1 is 1.56 bits per heavy atom. The Kier molecular flexibility index (Phi) is 3.72. The van der Waals surface area contributed by atoms with Gasteiger partial charge in [0.2, 0.25) is 0 Å². The molecule has 0 spiro atoms. The van der Waals surface area contributed by atoms with Crippen molar-refractivity contribution in [3.63, 3.8) is 0 Å². The molecular weight excluding hydrogens is 230 g/mol. The number of furan rings is 1. The first-order valence-corrected chi connectivity index (χ1v) is 6.03. The predicted molar refractivity (Wildman–Crippen MR) is 68.8 cm³/mol. The summed E-state index contributed by atoms with van der Waals surface area (Å²) in [7, 11) is 3.56. The Bertz CT molecular complexity index is 495. The van der Waals surface area contributed by atoms with Crippen molar-refractivity contribution in [2.75, 3.05) is 14.2 Å². The first kappa shape index (κ1) is 12.7. The largest absolute Gasteiger partial charge is 0.493 e. The first-order chi connectivity index (χ1) is 8.72. The van der Waals surface area contributed by atoms with Crippen molar-refractivity contribution in [2.45, 2.75) is 26.4 Å². The second kappa shape index (κ2) is 5.27. The number of aryl methyl sites for hydroxylation is 2. The van der Waals surface area contributed by atoms with E-state index < -0.39 is 0 Å². The maximum Gasteiger partial charge on any atom is 0.162 e. The van der Waals surface area contributed by atoms with Crippen molar-refractivity contribution in [1.29, 1.82) is 0 Å². The topological polar surface area (TPSA) is 52.2 Å². The molecule has 0 saturated carbocycles. The van der Waals surface area contributed by atoms with E-state index in [4.69, 9.17) is 9.15 Å². The zero-order valence-electron chi connectivity index (χ0n) is 11.2. The number of methoxy groups -OCH3 is 1. The van der Waals surface area contributed by atoms with Gasteiger partial charge in [0, 0.05) is 6.54 Å². The van der Waals surface area contributed by atoms with Crippen LogP contribution < -0.4 is 10.1 Å². The van der Waals surface area contributed by atoms with Gasteiger partial charge in [0.15, 0.2) is 5.75 Å². The Balaban J connectivity index is 2.50. The molecule has 5 nitrogen and oxygen atoms in total. The summed E-state index contributed by atoms with van der Waals surface area (Å²) in [4.78, 5) is 0. The average Bonchev–Trinajstić information content (AvgIpc) is 2.98. The van der Waals surface area contributed by atoms with Crippen molar-refractivity contribution in [3.8, 4) is 5.75 Å². The molecule has 2 aromatic rings. The molecular formula is C13H19N3O2. The van der Waals surface area contributed by atoms with Crippen LogP contribution in [0.4, 0.5) is 0 Å². The second-order valence-electron chi connectivity index (χ2n) is 4.10. The van der Waals surface area contributed by atoms with Crippen molar-refractivity contribution in [2.24, 2.45) is 0 Å². The predicted octanol–water partition coefficient (Wildman–Crippen LogP) is 2.12. The van der Waals surface area contributed by atoms with Crippen LogP contribution in [0.1, 0.15) is 30.0 Å². The van der Waals surface area contributed by atoms with Crippen molar-refractivity contribution < 1.29 is 9.15 Å². The molecule has 0 radical (unpaired) electrons. The third-order valence-electron chi connectivity index (χ3n) is 3.09. The van der Waals surface area contributed by atoms with Crippen LogP contribution in [0.2, 0.25) is 0 Å². The van der Waals surface area contributed by atoms with Gasteiger partial charge in [-0.2, -0.15) is 5.10 Å². The smallest absolute Gasteiger partial charge is 0.162 e. The zero-order chi connectivity index (χ0) is 13.1. The van der Waals surface area contributed by atoms with Crippen molar-refractivity contribution in [1.82, 2.24) is 15.1 Å². The van der Waals surface area contributed by atoms with E-state index in [1.54, 1.807) is 19.6 Å². The van der Waals surface area contributed by atoms with Crippen LogP contribution in [0.15, 0.2) is 22.9 Å². The Labute approximate surface area is 107 Å². The maximum absolute atomic E-state index is 5.58. The van der Waals surface area contributed by atoms with E-state index in [1.807, 2.05) is 24.7 Å². The fraction of sp³-hybridized carbons (Fsp3) is 0.462. The standard InChI is InChI=1S/C13H19N3O2/c1-5-16-12(10(17-4)8-15-16)11(14-3)13-9(2)6-7-18-13/h6-8,11,14H,5H2,1-4H3. The molecule has 2 heterocycles. The molecule has 2 rings (SSSR count). The molecule has 1 atom stereocenters. The highest BCUT2D eigenvalue weighted by atomic mass is 16.5. The van der Waals surface area contributed by atoms with Gasteiger partial charge >= 0.3 is 0 Å². The van der Waals surface area contributed by atoms with Crippen LogP contribution in [-0.2, 0) is 6.54 Å². The number of nitrogens with one attached hydrogen (secondary N) is 1. The fourth-order valence-electron chi connectivity index (χ4n) is 2.15. The van der Waals surface area contributed by atoms with E-state index in [-0.39, 0.29) is 6.04 Å². The van der Waals surface area contributed by atoms with Gasteiger partial charge in [0.05, 0.1) is 19.6 Å². The summed E-state index contributed by atoms with van der Waals surface area (Å²) in [6, 6.07) is 1.90. The monoisotopic (exact) mass is 249 g/mol. The molecule has 0 aliphatic carbocycles. The van der Waals surface area contributed by atoms with Crippen LogP contribution in [0, 0.1) is 6.92 Å². The van der Waals surface area contributed by atoms with Crippen LogP contribution >= 0.6 is 0 Å². The summed E-state index contributed by atoms with van der Waals surface area (Å²) in [6.45, 7) is 4.87. The van der Waals surface area contributed by atoms with Crippen molar-refractivity contribution in [3.05, 3.63) is 35.5 Å². The minimum Gasteiger partial charge on any atom is -0.493 e. The third kappa shape index (κ3) is 2.01. The molecule has 0 saturated heterocycles. The lowest BCUT2D eigenvalue weighted by Gasteiger charge is -2.17. The van der Waals surface area contributed by atoms with E-state index in [2.05, 4.69) is 17.3 Å². The molecule has 0 fully saturated rings. The van der Waals surface area contributed by atoms with E-state index >= 15 is 0 Å². The Morgan fingerprint density at radius 3 is 2.83 bits per heavy atom. The number of ether oxygens (including phenoxy) is 1.